The van der Waals surface area contributed by atoms with E-state index < -0.39 is 0 Å². The zero-order valence-corrected chi connectivity index (χ0v) is 10.0. The fourth-order valence-electron chi connectivity index (χ4n) is 1.54. The van der Waals surface area contributed by atoms with Crippen molar-refractivity contribution in [2.24, 2.45) is 5.73 Å². The van der Waals surface area contributed by atoms with E-state index in [1.807, 2.05) is 6.92 Å². The fraction of sp³-hybridized carbons (Fsp3) is 0.538. The minimum absolute atomic E-state index is 0.211. The summed E-state index contributed by atoms with van der Waals surface area (Å²) in [6.07, 6.45) is 3.33. The second kappa shape index (κ2) is 6.48. The van der Waals surface area contributed by atoms with Crippen LogP contribution in [0.15, 0.2) is 18.2 Å². The van der Waals surface area contributed by atoms with Crippen LogP contribution in [-0.2, 0) is 0 Å². The summed E-state index contributed by atoms with van der Waals surface area (Å²) in [6, 6.07) is 4.29. The second-order valence-electron chi connectivity index (χ2n) is 4.03. The van der Waals surface area contributed by atoms with Crippen LogP contribution in [0.5, 0.6) is 5.75 Å². The number of hydrogen-bond acceptors (Lipinski definition) is 2. The first-order valence-electron chi connectivity index (χ1n) is 5.83. The van der Waals surface area contributed by atoms with E-state index in [9.17, 15) is 4.39 Å². The summed E-state index contributed by atoms with van der Waals surface area (Å²) in [5.41, 5.74) is 6.50. The SMILES string of the molecule is CCCCCOc1ccc(F)cc1[C@@H](C)N. The molecule has 0 aliphatic heterocycles. The molecule has 0 fully saturated rings. The van der Waals surface area contributed by atoms with Crippen molar-refractivity contribution in [1.29, 1.82) is 0 Å². The van der Waals surface area contributed by atoms with Crippen LogP contribution in [0.1, 0.15) is 44.7 Å². The third-order valence-electron chi connectivity index (χ3n) is 2.47. The highest BCUT2D eigenvalue weighted by Gasteiger charge is 2.09. The van der Waals surface area contributed by atoms with E-state index in [0.717, 1.165) is 24.8 Å². The minimum atomic E-state index is -0.270. The Morgan fingerprint density at radius 2 is 2.12 bits per heavy atom. The van der Waals surface area contributed by atoms with Gasteiger partial charge in [-0.05, 0) is 31.5 Å². The summed E-state index contributed by atoms with van der Waals surface area (Å²) in [4.78, 5) is 0. The molecule has 1 rings (SSSR count). The van der Waals surface area contributed by atoms with Gasteiger partial charge in [0.25, 0.3) is 0 Å². The maximum Gasteiger partial charge on any atom is 0.124 e. The van der Waals surface area contributed by atoms with Crippen LogP contribution >= 0.6 is 0 Å². The first kappa shape index (κ1) is 13.0. The molecule has 3 heteroatoms. The zero-order chi connectivity index (χ0) is 12.0. The molecule has 0 bridgehead atoms. The lowest BCUT2D eigenvalue weighted by molar-refractivity contribution is 0.301. The molecule has 90 valence electrons. The number of hydrogen-bond donors (Lipinski definition) is 1. The monoisotopic (exact) mass is 225 g/mol. The van der Waals surface area contributed by atoms with E-state index in [1.54, 1.807) is 6.07 Å². The van der Waals surface area contributed by atoms with Gasteiger partial charge in [-0.15, -0.1) is 0 Å². The van der Waals surface area contributed by atoms with Gasteiger partial charge in [-0.1, -0.05) is 19.8 Å². The molecule has 1 aromatic rings. The lowest BCUT2D eigenvalue weighted by Gasteiger charge is -2.13. The van der Waals surface area contributed by atoms with Gasteiger partial charge in [0.2, 0.25) is 0 Å². The molecule has 0 saturated heterocycles. The Morgan fingerprint density at radius 1 is 1.38 bits per heavy atom. The first-order valence-corrected chi connectivity index (χ1v) is 5.83. The molecule has 0 unspecified atom stereocenters. The Bertz CT molecular complexity index is 326. The maximum absolute atomic E-state index is 13.0. The molecular formula is C13H20FNO. The third kappa shape index (κ3) is 3.81. The van der Waals surface area contributed by atoms with Gasteiger partial charge in [0, 0.05) is 11.6 Å². The van der Waals surface area contributed by atoms with Crippen molar-refractivity contribution < 1.29 is 9.13 Å². The van der Waals surface area contributed by atoms with Crippen LogP contribution < -0.4 is 10.5 Å². The summed E-state index contributed by atoms with van der Waals surface area (Å²) in [5, 5.41) is 0. The van der Waals surface area contributed by atoms with Crippen molar-refractivity contribution in [2.75, 3.05) is 6.61 Å². The van der Waals surface area contributed by atoms with Crippen molar-refractivity contribution in [2.45, 2.75) is 39.2 Å². The van der Waals surface area contributed by atoms with Gasteiger partial charge in [-0.25, -0.2) is 4.39 Å². The Morgan fingerprint density at radius 3 is 2.75 bits per heavy atom. The van der Waals surface area contributed by atoms with Crippen molar-refractivity contribution in [3.05, 3.63) is 29.6 Å². The highest BCUT2D eigenvalue weighted by molar-refractivity contribution is 5.36. The molecule has 2 nitrogen and oxygen atoms in total. The van der Waals surface area contributed by atoms with Gasteiger partial charge in [0.05, 0.1) is 6.61 Å². The lowest BCUT2D eigenvalue weighted by atomic mass is 10.1. The number of benzene rings is 1. The van der Waals surface area contributed by atoms with Crippen LogP contribution in [0.4, 0.5) is 4.39 Å². The molecule has 1 aromatic carbocycles. The summed E-state index contributed by atoms with van der Waals surface area (Å²) >= 11 is 0. The third-order valence-corrected chi connectivity index (χ3v) is 2.47. The highest BCUT2D eigenvalue weighted by atomic mass is 19.1. The first-order chi connectivity index (χ1) is 7.65. The Balaban J connectivity index is 2.64. The van der Waals surface area contributed by atoms with E-state index >= 15 is 0 Å². The summed E-state index contributed by atoms with van der Waals surface area (Å²) in [7, 11) is 0. The predicted molar refractivity (Wildman–Crippen MR) is 64.0 cm³/mol. The minimum Gasteiger partial charge on any atom is -0.493 e. The summed E-state index contributed by atoms with van der Waals surface area (Å²) in [5.74, 6) is 0.431. The maximum atomic E-state index is 13.0. The second-order valence-corrected chi connectivity index (χ2v) is 4.03. The largest absolute Gasteiger partial charge is 0.493 e. The van der Waals surface area contributed by atoms with E-state index in [4.69, 9.17) is 10.5 Å². The van der Waals surface area contributed by atoms with E-state index in [1.165, 1.54) is 12.1 Å². The molecule has 0 aliphatic rings. The number of ether oxygens (including phenoxy) is 1. The van der Waals surface area contributed by atoms with E-state index in [-0.39, 0.29) is 11.9 Å². The van der Waals surface area contributed by atoms with E-state index in [2.05, 4.69) is 6.92 Å². The predicted octanol–water partition coefficient (Wildman–Crippen LogP) is 3.41. The molecule has 0 aromatic heterocycles. The van der Waals surface area contributed by atoms with Crippen LogP contribution in [0.3, 0.4) is 0 Å². The van der Waals surface area contributed by atoms with Crippen LogP contribution in [0.25, 0.3) is 0 Å². The van der Waals surface area contributed by atoms with Crippen molar-refractivity contribution in [3.63, 3.8) is 0 Å². The number of rotatable bonds is 6. The van der Waals surface area contributed by atoms with Crippen molar-refractivity contribution in [3.8, 4) is 5.75 Å². The van der Waals surface area contributed by atoms with E-state index in [0.29, 0.717) is 12.4 Å². The van der Waals surface area contributed by atoms with Gasteiger partial charge >= 0.3 is 0 Å². The van der Waals surface area contributed by atoms with Gasteiger partial charge in [-0.3, -0.25) is 0 Å². The molecule has 16 heavy (non-hydrogen) atoms. The smallest absolute Gasteiger partial charge is 0.124 e. The molecular weight excluding hydrogens is 205 g/mol. The van der Waals surface area contributed by atoms with Gasteiger partial charge in [0.1, 0.15) is 11.6 Å². The summed E-state index contributed by atoms with van der Waals surface area (Å²) < 4.78 is 18.6. The Hall–Kier alpha value is -1.09. The number of unbranched alkanes of at least 4 members (excludes halogenated alkanes) is 2. The standard InChI is InChI=1S/C13H20FNO/c1-3-4-5-8-16-13-7-6-11(14)9-12(13)10(2)15/h6-7,9-10H,3-5,8,15H2,1-2H3/t10-/m1/s1. The molecule has 0 saturated carbocycles. The zero-order valence-electron chi connectivity index (χ0n) is 10.0. The van der Waals surface area contributed by atoms with Gasteiger partial charge in [-0.2, -0.15) is 0 Å². The van der Waals surface area contributed by atoms with Crippen LogP contribution in [0.2, 0.25) is 0 Å². The molecule has 0 radical (unpaired) electrons. The van der Waals surface area contributed by atoms with Crippen molar-refractivity contribution in [1.82, 2.24) is 0 Å². The Kier molecular flexibility index (Phi) is 5.26. The molecule has 1 atom stereocenters. The number of nitrogens with two attached hydrogens (primary N) is 1. The Labute approximate surface area is 96.6 Å². The highest BCUT2D eigenvalue weighted by Crippen LogP contribution is 2.24. The average molecular weight is 225 g/mol. The average Bonchev–Trinajstić information content (AvgIpc) is 2.26. The quantitative estimate of drug-likeness (QED) is 0.753. The van der Waals surface area contributed by atoms with Crippen LogP contribution in [0, 0.1) is 5.82 Å². The molecule has 0 heterocycles. The fourth-order valence-corrected chi connectivity index (χ4v) is 1.54. The van der Waals surface area contributed by atoms with Gasteiger partial charge < -0.3 is 10.5 Å². The van der Waals surface area contributed by atoms with Gasteiger partial charge in [0.15, 0.2) is 0 Å². The molecule has 2 N–H and O–H groups in total. The molecule has 0 spiro atoms. The van der Waals surface area contributed by atoms with Crippen LogP contribution in [-0.4, -0.2) is 6.61 Å². The van der Waals surface area contributed by atoms with Crippen molar-refractivity contribution >= 4 is 0 Å². The molecule has 0 aliphatic carbocycles. The molecule has 0 amide bonds. The summed E-state index contributed by atoms with van der Waals surface area (Å²) in [6.45, 7) is 4.64. The number of halogens is 1. The normalized spacial score (nSPS) is 12.5. The lowest BCUT2D eigenvalue weighted by Crippen LogP contribution is -2.09. The topological polar surface area (TPSA) is 35.2 Å².